The Balaban J connectivity index is 1.90. The largest absolute Gasteiger partial charge is 0.355 e. The second-order valence-electron chi connectivity index (χ2n) is 4.53. The number of rotatable bonds is 6. The topological polar surface area (TPSA) is 35.5 Å². The average Bonchev–Trinajstić information content (AvgIpc) is 2.52. The maximum absolute atomic E-state index is 11.3. The maximum atomic E-state index is 11.3. The zero-order valence-electron chi connectivity index (χ0n) is 11.5. The van der Waals surface area contributed by atoms with Crippen molar-refractivity contribution in [3.05, 3.63) is 54.6 Å². The summed E-state index contributed by atoms with van der Waals surface area (Å²) in [4.78, 5) is 21.1. The Morgan fingerprint density at radius 2 is 1.60 bits per heavy atom. The Morgan fingerprint density at radius 1 is 0.950 bits per heavy atom. The van der Waals surface area contributed by atoms with Gasteiger partial charge < -0.3 is 0 Å². The van der Waals surface area contributed by atoms with E-state index in [1.165, 1.54) is 0 Å². The zero-order chi connectivity index (χ0) is 14.2. The number of hydrogen-bond donors (Lipinski definition) is 0. The smallest absolute Gasteiger partial charge is 0.287 e. The molecule has 0 heterocycles. The molecule has 0 spiro atoms. The fourth-order valence-corrected chi connectivity index (χ4v) is 1.79. The first-order chi connectivity index (χ1) is 9.79. The van der Waals surface area contributed by atoms with E-state index >= 15 is 0 Å². The minimum Gasteiger partial charge on any atom is -0.287 e. The number of carbonyl (C=O) groups excluding carboxylic acids is 1. The number of unbranched alkanes of at least 4 members (excludes halogenated alkanes) is 1. The molecule has 0 N–H and O–H groups in total. The summed E-state index contributed by atoms with van der Waals surface area (Å²) in [5, 5.41) is 0. The van der Waals surface area contributed by atoms with Gasteiger partial charge in [-0.05, 0) is 29.7 Å². The summed E-state index contributed by atoms with van der Waals surface area (Å²) in [6.45, 7) is 2.02. The van der Waals surface area contributed by atoms with Crippen molar-refractivity contribution in [3.63, 3.8) is 0 Å². The van der Waals surface area contributed by atoms with Crippen LogP contribution in [0.15, 0.2) is 54.6 Å². The summed E-state index contributed by atoms with van der Waals surface area (Å²) in [6, 6.07) is 17.5. The molecular weight excluding hydrogens is 252 g/mol. The molecule has 0 atom stereocenters. The maximum Gasteiger partial charge on any atom is 0.355 e. The van der Waals surface area contributed by atoms with Gasteiger partial charge >= 0.3 is 5.97 Å². The lowest BCUT2D eigenvalue weighted by Crippen LogP contribution is -2.07. The monoisotopic (exact) mass is 270 g/mol. The normalized spacial score (nSPS) is 10.1. The molecule has 2 aromatic rings. The molecule has 20 heavy (non-hydrogen) atoms. The summed E-state index contributed by atoms with van der Waals surface area (Å²) in [6.07, 6.45) is 2.16. The van der Waals surface area contributed by atoms with Crippen LogP contribution in [0.1, 0.15) is 26.2 Å². The van der Waals surface area contributed by atoms with Gasteiger partial charge in [-0.3, -0.25) is 9.78 Å². The van der Waals surface area contributed by atoms with Gasteiger partial charge in [0.15, 0.2) is 5.75 Å². The Morgan fingerprint density at radius 3 is 2.25 bits per heavy atom. The van der Waals surface area contributed by atoms with Crippen molar-refractivity contribution >= 4 is 5.97 Å². The molecule has 0 aliphatic heterocycles. The van der Waals surface area contributed by atoms with Crippen molar-refractivity contribution in [2.45, 2.75) is 26.2 Å². The van der Waals surface area contributed by atoms with Gasteiger partial charge in [0.05, 0.1) is 6.42 Å². The Kier molecular flexibility index (Phi) is 5.18. The van der Waals surface area contributed by atoms with Crippen molar-refractivity contribution < 1.29 is 14.6 Å². The van der Waals surface area contributed by atoms with E-state index in [-0.39, 0.29) is 5.97 Å². The first-order valence-corrected chi connectivity index (χ1v) is 6.82. The van der Waals surface area contributed by atoms with E-state index in [1.807, 2.05) is 49.4 Å². The number of hydrogen-bond acceptors (Lipinski definition) is 3. The first kappa shape index (κ1) is 14.1. The van der Waals surface area contributed by atoms with Crippen LogP contribution in [0, 0.1) is 0 Å². The quantitative estimate of drug-likeness (QED) is 0.577. The van der Waals surface area contributed by atoms with Crippen molar-refractivity contribution in [1.29, 1.82) is 0 Å². The summed E-state index contributed by atoms with van der Waals surface area (Å²) in [7, 11) is 0. The highest BCUT2D eigenvalue weighted by molar-refractivity contribution is 5.68. The van der Waals surface area contributed by atoms with Gasteiger partial charge in [0.1, 0.15) is 0 Å². The van der Waals surface area contributed by atoms with Crippen LogP contribution in [0.5, 0.6) is 5.75 Å². The molecule has 2 aromatic carbocycles. The lowest BCUT2D eigenvalue weighted by Gasteiger charge is -2.05. The molecule has 3 heteroatoms. The molecule has 0 aliphatic carbocycles. The van der Waals surface area contributed by atoms with Gasteiger partial charge in [0.2, 0.25) is 0 Å². The molecular formula is C17H18O3. The highest BCUT2D eigenvalue weighted by atomic mass is 17.2. The van der Waals surface area contributed by atoms with Crippen LogP contribution in [0.25, 0.3) is 11.1 Å². The molecule has 0 saturated heterocycles. The molecule has 0 aliphatic rings. The fourth-order valence-electron chi connectivity index (χ4n) is 1.79. The van der Waals surface area contributed by atoms with Crippen LogP contribution in [0.3, 0.4) is 0 Å². The van der Waals surface area contributed by atoms with Crippen molar-refractivity contribution in [3.8, 4) is 16.9 Å². The van der Waals surface area contributed by atoms with Gasteiger partial charge in [-0.1, -0.05) is 55.8 Å². The van der Waals surface area contributed by atoms with Gasteiger partial charge in [-0.25, -0.2) is 4.79 Å². The molecule has 2 rings (SSSR count). The van der Waals surface area contributed by atoms with Gasteiger partial charge in [-0.15, -0.1) is 0 Å². The van der Waals surface area contributed by atoms with Crippen LogP contribution in [0.4, 0.5) is 0 Å². The third-order valence-electron chi connectivity index (χ3n) is 2.93. The van der Waals surface area contributed by atoms with E-state index in [9.17, 15) is 4.79 Å². The Hall–Kier alpha value is -2.29. The Bertz CT molecular complexity index is 532. The van der Waals surface area contributed by atoms with Crippen molar-refractivity contribution in [2.75, 3.05) is 0 Å². The molecule has 3 nitrogen and oxygen atoms in total. The molecule has 0 unspecified atom stereocenters. The standard InChI is InChI=1S/C17H18O3/c1-2-3-9-17(18)20-19-16-12-10-15(11-13-16)14-7-5-4-6-8-14/h4-8,10-13H,2-3,9H2,1H3. The summed E-state index contributed by atoms with van der Waals surface area (Å²) in [5.41, 5.74) is 2.23. The van der Waals surface area contributed by atoms with E-state index in [1.54, 1.807) is 12.1 Å². The molecule has 0 saturated carbocycles. The van der Waals surface area contributed by atoms with Crippen LogP contribution >= 0.6 is 0 Å². The number of carbonyl (C=O) groups is 1. The van der Waals surface area contributed by atoms with E-state index in [0.29, 0.717) is 12.2 Å². The molecule has 0 radical (unpaired) electrons. The second kappa shape index (κ2) is 7.34. The van der Waals surface area contributed by atoms with Gasteiger partial charge in [0, 0.05) is 0 Å². The van der Waals surface area contributed by atoms with Crippen LogP contribution in [0.2, 0.25) is 0 Å². The van der Waals surface area contributed by atoms with Crippen LogP contribution in [-0.4, -0.2) is 5.97 Å². The van der Waals surface area contributed by atoms with Crippen LogP contribution in [-0.2, 0) is 9.68 Å². The lowest BCUT2D eigenvalue weighted by atomic mass is 10.1. The van der Waals surface area contributed by atoms with E-state index in [0.717, 1.165) is 24.0 Å². The van der Waals surface area contributed by atoms with Crippen molar-refractivity contribution in [2.24, 2.45) is 0 Å². The van der Waals surface area contributed by atoms with E-state index < -0.39 is 0 Å². The minimum absolute atomic E-state index is 0.334. The molecule has 0 amide bonds. The summed E-state index contributed by atoms with van der Waals surface area (Å²) in [5.74, 6) is 0.188. The summed E-state index contributed by atoms with van der Waals surface area (Å²) >= 11 is 0. The van der Waals surface area contributed by atoms with E-state index in [4.69, 9.17) is 9.78 Å². The lowest BCUT2D eigenvalue weighted by molar-refractivity contribution is -0.213. The molecule has 0 bridgehead atoms. The highest BCUT2D eigenvalue weighted by Gasteiger charge is 2.05. The van der Waals surface area contributed by atoms with Gasteiger partial charge in [0.25, 0.3) is 0 Å². The van der Waals surface area contributed by atoms with Gasteiger partial charge in [-0.2, -0.15) is 0 Å². The predicted octanol–water partition coefficient (Wildman–Crippen LogP) is 4.38. The SMILES string of the molecule is CCCCC(=O)OOc1ccc(-c2ccccc2)cc1. The molecule has 104 valence electrons. The molecule has 0 fully saturated rings. The second-order valence-corrected chi connectivity index (χ2v) is 4.53. The average molecular weight is 270 g/mol. The highest BCUT2D eigenvalue weighted by Crippen LogP contribution is 2.22. The third kappa shape index (κ3) is 4.12. The first-order valence-electron chi connectivity index (χ1n) is 6.82. The zero-order valence-corrected chi connectivity index (χ0v) is 11.5. The Labute approximate surface area is 119 Å². The van der Waals surface area contributed by atoms with Crippen molar-refractivity contribution in [1.82, 2.24) is 0 Å². The predicted molar refractivity (Wildman–Crippen MR) is 78.1 cm³/mol. The van der Waals surface area contributed by atoms with E-state index in [2.05, 4.69) is 0 Å². The molecule has 0 aromatic heterocycles. The fraction of sp³-hybridized carbons (Fsp3) is 0.235. The minimum atomic E-state index is -0.334. The summed E-state index contributed by atoms with van der Waals surface area (Å²) < 4.78 is 0. The third-order valence-corrected chi connectivity index (χ3v) is 2.93. The number of benzene rings is 2. The van der Waals surface area contributed by atoms with Crippen LogP contribution < -0.4 is 4.89 Å².